The van der Waals surface area contributed by atoms with Gasteiger partial charge in [0.2, 0.25) is 5.91 Å². The van der Waals surface area contributed by atoms with Crippen LogP contribution >= 0.6 is 0 Å². The van der Waals surface area contributed by atoms with E-state index in [2.05, 4.69) is 20.9 Å². The molecule has 2 rings (SSSR count). The van der Waals surface area contributed by atoms with Gasteiger partial charge < -0.3 is 20.7 Å². The van der Waals surface area contributed by atoms with E-state index in [0.29, 0.717) is 18.5 Å². The molecule has 1 aliphatic rings. The highest BCUT2D eigenvalue weighted by Gasteiger charge is 2.15. The highest BCUT2D eigenvalue weighted by molar-refractivity contribution is 5.86. The second-order valence-corrected chi connectivity index (χ2v) is 6.30. The maximum absolute atomic E-state index is 12.1. The lowest BCUT2D eigenvalue weighted by Gasteiger charge is -2.23. The number of benzene rings is 1. The molecule has 1 amide bonds. The molecule has 0 heterocycles. The van der Waals surface area contributed by atoms with Crippen LogP contribution in [0.4, 0.5) is 0 Å². The Morgan fingerprint density at radius 1 is 1.16 bits per heavy atom. The molecule has 1 aliphatic carbocycles. The maximum atomic E-state index is 12.1. The summed E-state index contributed by atoms with van der Waals surface area (Å²) in [7, 11) is 1.65. The van der Waals surface area contributed by atoms with Gasteiger partial charge in [-0.3, -0.25) is 4.79 Å². The number of nitrogens with zero attached hydrogens (tertiary/aromatic N) is 1. The third-order valence-corrected chi connectivity index (χ3v) is 4.31. The predicted molar refractivity (Wildman–Crippen MR) is 101 cm³/mol. The van der Waals surface area contributed by atoms with E-state index in [9.17, 15) is 4.79 Å². The second-order valence-electron chi connectivity index (χ2n) is 6.30. The Hall–Kier alpha value is -2.24. The van der Waals surface area contributed by atoms with E-state index in [1.165, 1.54) is 19.3 Å². The van der Waals surface area contributed by atoms with Gasteiger partial charge in [-0.25, -0.2) is 4.99 Å². The number of hydrogen-bond acceptors (Lipinski definition) is 3. The van der Waals surface area contributed by atoms with Crippen molar-refractivity contribution in [2.45, 2.75) is 51.6 Å². The number of nitrogens with one attached hydrogen (secondary N) is 3. The van der Waals surface area contributed by atoms with Gasteiger partial charge in [0.15, 0.2) is 5.96 Å². The van der Waals surface area contributed by atoms with Crippen LogP contribution in [0.3, 0.4) is 0 Å². The van der Waals surface area contributed by atoms with E-state index >= 15 is 0 Å². The molecule has 138 valence electrons. The third-order valence-electron chi connectivity index (χ3n) is 4.31. The molecule has 0 aromatic heterocycles. The standard InChI is InChI=1S/C19H30N4O2/c1-3-20-19(21-13-15-9-11-17(25-2)12-10-15)22-14-18(24)23-16-7-5-4-6-8-16/h9-12,16H,3-8,13-14H2,1-2H3,(H,23,24)(H2,20,21,22). The quantitative estimate of drug-likeness (QED) is 0.523. The monoisotopic (exact) mass is 346 g/mol. The zero-order valence-corrected chi connectivity index (χ0v) is 15.3. The number of carbonyl (C=O) groups excluding carboxylic acids is 1. The molecule has 0 spiro atoms. The Morgan fingerprint density at radius 2 is 1.88 bits per heavy atom. The van der Waals surface area contributed by atoms with E-state index in [1.807, 2.05) is 31.2 Å². The highest BCUT2D eigenvalue weighted by atomic mass is 16.5. The van der Waals surface area contributed by atoms with Gasteiger partial charge in [-0.2, -0.15) is 0 Å². The first-order valence-electron chi connectivity index (χ1n) is 9.15. The molecule has 3 N–H and O–H groups in total. The first kappa shape index (κ1) is 19.1. The Balaban J connectivity index is 1.80. The van der Waals surface area contributed by atoms with E-state index in [4.69, 9.17) is 4.74 Å². The van der Waals surface area contributed by atoms with Crippen LogP contribution < -0.4 is 20.7 Å². The minimum absolute atomic E-state index is 0.0296. The molecule has 1 aromatic carbocycles. The average Bonchev–Trinajstić information content (AvgIpc) is 2.65. The van der Waals surface area contributed by atoms with Crippen LogP contribution in [0.5, 0.6) is 5.75 Å². The van der Waals surface area contributed by atoms with Gasteiger partial charge in [0.05, 0.1) is 20.2 Å². The number of guanidine groups is 1. The zero-order valence-electron chi connectivity index (χ0n) is 15.3. The fourth-order valence-electron chi connectivity index (χ4n) is 2.93. The summed E-state index contributed by atoms with van der Waals surface area (Å²) >= 11 is 0. The fourth-order valence-corrected chi connectivity index (χ4v) is 2.93. The van der Waals surface area contributed by atoms with Crippen molar-refractivity contribution in [2.75, 3.05) is 20.2 Å². The van der Waals surface area contributed by atoms with Crippen molar-refractivity contribution in [2.24, 2.45) is 4.99 Å². The summed E-state index contributed by atoms with van der Waals surface area (Å²) < 4.78 is 5.16. The Bertz CT molecular complexity index is 551. The molecule has 0 unspecified atom stereocenters. The summed E-state index contributed by atoms with van der Waals surface area (Å²) in [6.45, 7) is 3.54. The number of carbonyl (C=O) groups is 1. The van der Waals surface area contributed by atoms with E-state index in [0.717, 1.165) is 30.7 Å². The molecule has 0 aliphatic heterocycles. The van der Waals surface area contributed by atoms with Crippen LogP contribution in [-0.2, 0) is 11.3 Å². The fraction of sp³-hybridized carbons (Fsp3) is 0.579. The van der Waals surface area contributed by atoms with Crippen LogP contribution in [0.15, 0.2) is 29.3 Å². The molecule has 1 fully saturated rings. The van der Waals surface area contributed by atoms with Gasteiger partial charge >= 0.3 is 0 Å². The number of aliphatic imine (C=N–C) groups is 1. The van der Waals surface area contributed by atoms with Gasteiger partial charge in [0.25, 0.3) is 0 Å². The Morgan fingerprint density at radius 3 is 2.52 bits per heavy atom. The molecule has 25 heavy (non-hydrogen) atoms. The summed E-state index contributed by atoms with van der Waals surface area (Å²) in [5.74, 6) is 1.51. The Kier molecular flexibility index (Phi) is 8.09. The Labute approximate surface area is 150 Å². The van der Waals surface area contributed by atoms with Gasteiger partial charge in [-0.15, -0.1) is 0 Å². The molecule has 0 saturated heterocycles. The summed E-state index contributed by atoms with van der Waals surface area (Å²) in [5, 5.41) is 9.38. The van der Waals surface area contributed by atoms with Gasteiger partial charge in [-0.1, -0.05) is 31.4 Å². The van der Waals surface area contributed by atoms with Crippen LogP contribution in [-0.4, -0.2) is 38.1 Å². The van der Waals surface area contributed by atoms with Crippen molar-refractivity contribution in [3.63, 3.8) is 0 Å². The summed E-state index contributed by atoms with van der Waals surface area (Å²) in [6, 6.07) is 8.15. The van der Waals surface area contributed by atoms with Crippen LogP contribution in [0.25, 0.3) is 0 Å². The zero-order chi connectivity index (χ0) is 17.9. The SMILES string of the molecule is CCNC(=NCc1ccc(OC)cc1)NCC(=O)NC1CCCCC1. The highest BCUT2D eigenvalue weighted by Crippen LogP contribution is 2.17. The first-order chi connectivity index (χ1) is 12.2. The largest absolute Gasteiger partial charge is 0.497 e. The van der Waals surface area contributed by atoms with Crippen molar-refractivity contribution in [3.8, 4) is 5.75 Å². The van der Waals surface area contributed by atoms with Gasteiger partial charge in [0.1, 0.15) is 5.75 Å². The van der Waals surface area contributed by atoms with Crippen molar-refractivity contribution < 1.29 is 9.53 Å². The molecule has 6 heteroatoms. The number of rotatable bonds is 7. The molecular formula is C19H30N4O2. The molecular weight excluding hydrogens is 316 g/mol. The van der Waals surface area contributed by atoms with E-state index < -0.39 is 0 Å². The maximum Gasteiger partial charge on any atom is 0.239 e. The first-order valence-corrected chi connectivity index (χ1v) is 9.15. The lowest BCUT2D eigenvalue weighted by molar-refractivity contribution is -0.120. The third kappa shape index (κ3) is 7.03. The molecule has 0 radical (unpaired) electrons. The second kappa shape index (κ2) is 10.6. The molecule has 1 aromatic rings. The van der Waals surface area contributed by atoms with Gasteiger partial charge in [0, 0.05) is 12.6 Å². The van der Waals surface area contributed by atoms with Gasteiger partial charge in [-0.05, 0) is 37.5 Å². The van der Waals surface area contributed by atoms with E-state index in [-0.39, 0.29) is 12.5 Å². The van der Waals surface area contributed by atoms with Crippen molar-refractivity contribution in [1.29, 1.82) is 0 Å². The lowest BCUT2D eigenvalue weighted by Crippen LogP contribution is -2.46. The molecule has 6 nitrogen and oxygen atoms in total. The summed E-state index contributed by atoms with van der Waals surface area (Å²) in [4.78, 5) is 16.6. The van der Waals surface area contributed by atoms with Crippen molar-refractivity contribution >= 4 is 11.9 Å². The van der Waals surface area contributed by atoms with Crippen LogP contribution in [0.2, 0.25) is 0 Å². The smallest absolute Gasteiger partial charge is 0.239 e. The molecule has 0 bridgehead atoms. The van der Waals surface area contributed by atoms with Crippen molar-refractivity contribution in [3.05, 3.63) is 29.8 Å². The number of amides is 1. The topological polar surface area (TPSA) is 74.8 Å². The molecule has 0 atom stereocenters. The summed E-state index contributed by atoms with van der Waals surface area (Å²) in [5.41, 5.74) is 1.09. The summed E-state index contributed by atoms with van der Waals surface area (Å²) in [6.07, 6.45) is 5.90. The number of methoxy groups -OCH3 is 1. The van der Waals surface area contributed by atoms with Crippen LogP contribution in [0.1, 0.15) is 44.6 Å². The van der Waals surface area contributed by atoms with Crippen molar-refractivity contribution in [1.82, 2.24) is 16.0 Å². The lowest BCUT2D eigenvalue weighted by atomic mass is 9.95. The number of hydrogen-bond donors (Lipinski definition) is 3. The minimum Gasteiger partial charge on any atom is -0.497 e. The normalized spacial score (nSPS) is 15.5. The average molecular weight is 346 g/mol. The van der Waals surface area contributed by atoms with Crippen LogP contribution in [0, 0.1) is 0 Å². The predicted octanol–water partition coefficient (Wildman–Crippen LogP) is 2.20. The minimum atomic E-state index is 0.0296. The van der Waals surface area contributed by atoms with E-state index in [1.54, 1.807) is 7.11 Å². The number of ether oxygens (including phenoxy) is 1. The molecule has 1 saturated carbocycles.